The fourth-order valence-electron chi connectivity index (χ4n) is 2.92. The average Bonchev–Trinajstić information content (AvgIpc) is 2.73. The third-order valence-electron chi connectivity index (χ3n) is 4.39. The third-order valence-corrected chi connectivity index (χ3v) is 4.89. The van der Waals surface area contributed by atoms with Crippen molar-refractivity contribution in [2.45, 2.75) is 0 Å². The molecular formula is C22H17BrN4O2. The van der Waals surface area contributed by atoms with Crippen LogP contribution >= 0.6 is 15.9 Å². The van der Waals surface area contributed by atoms with E-state index in [1.54, 1.807) is 54.7 Å². The third kappa shape index (κ3) is 3.90. The van der Waals surface area contributed by atoms with Gasteiger partial charge in [-0.15, -0.1) is 0 Å². The van der Waals surface area contributed by atoms with Crippen LogP contribution in [0, 0.1) is 0 Å². The Labute approximate surface area is 175 Å². The summed E-state index contributed by atoms with van der Waals surface area (Å²) in [7, 11) is 1.77. The molecule has 0 aliphatic carbocycles. The lowest BCUT2D eigenvalue weighted by molar-refractivity contribution is 0.474. The predicted octanol–water partition coefficient (Wildman–Crippen LogP) is 4.94. The van der Waals surface area contributed by atoms with Gasteiger partial charge in [-0.3, -0.25) is 5.01 Å². The van der Waals surface area contributed by atoms with Crippen LogP contribution in [0.25, 0.3) is 22.3 Å². The Morgan fingerprint density at radius 2 is 1.69 bits per heavy atom. The van der Waals surface area contributed by atoms with E-state index in [0.717, 1.165) is 15.4 Å². The van der Waals surface area contributed by atoms with E-state index in [0.29, 0.717) is 22.8 Å². The Kier molecular flexibility index (Phi) is 5.14. The normalized spacial score (nSPS) is 11.2. The topological polar surface area (TPSA) is 81.8 Å². The second kappa shape index (κ2) is 7.89. The molecule has 0 unspecified atom stereocenters. The van der Waals surface area contributed by atoms with Crippen LogP contribution in [0.15, 0.2) is 76.3 Å². The molecule has 0 atom stereocenters. The second-order valence-corrected chi connectivity index (χ2v) is 7.29. The van der Waals surface area contributed by atoms with E-state index in [-0.39, 0.29) is 11.5 Å². The lowest BCUT2D eigenvalue weighted by Gasteiger charge is -2.16. The first-order valence-corrected chi connectivity index (χ1v) is 9.63. The number of aromatic hydroxyl groups is 2. The van der Waals surface area contributed by atoms with Crippen molar-refractivity contribution in [3.8, 4) is 22.9 Å². The molecule has 0 spiro atoms. The molecule has 1 heterocycles. The summed E-state index contributed by atoms with van der Waals surface area (Å²) in [6, 6.07) is 19.7. The van der Waals surface area contributed by atoms with Crippen LogP contribution in [0.5, 0.6) is 11.5 Å². The highest BCUT2D eigenvalue weighted by atomic mass is 79.9. The Morgan fingerprint density at radius 1 is 0.931 bits per heavy atom. The Morgan fingerprint density at radius 3 is 2.52 bits per heavy atom. The SMILES string of the molecule is CN(/N=C/c1cc(Br)ccc1O)c1nc(-c2ccccc2O)nc2ccccc12. The lowest BCUT2D eigenvalue weighted by atomic mass is 10.1. The molecule has 0 aliphatic heterocycles. The molecule has 0 saturated carbocycles. The molecular weight excluding hydrogens is 432 g/mol. The second-order valence-electron chi connectivity index (χ2n) is 6.38. The molecule has 29 heavy (non-hydrogen) atoms. The summed E-state index contributed by atoms with van der Waals surface area (Å²) < 4.78 is 0.841. The Hall–Kier alpha value is -3.45. The minimum Gasteiger partial charge on any atom is -0.507 e. The number of hydrogen-bond donors (Lipinski definition) is 2. The van der Waals surface area contributed by atoms with Crippen LogP contribution in [0.2, 0.25) is 0 Å². The summed E-state index contributed by atoms with van der Waals surface area (Å²) in [6.07, 6.45) is 1.57. The van der Waals surface area contributed by atoms with Crippen LogP contribution in [0.1, 0.15) is 5.56 Å². The number of nitrogens with zero attached hydrogens (tertiary/aromatic N) is 4. The van der Waals surface area contributed by atoms with Gasteiger partial charge in [-0.05, 0) is 42.5 Å². The lowest BCUT2D eigenvalue weighted by Crippen LogP contribution is -2.12. The quantitative estimate of drug-likeness (QED) is 0.341. The standard InChI is InChI=1S/C22H17BrN4O2/c1-27(24-13-14-12-15(23)10-11-19(14)28)22-16-6-2-4-8-18(16)25-21(26-22)17-7-3-5-9-20(17)29/h2-13,28-29H,1H3/b24-13+. The number of para-hydroxylation sites is 2. The summed E-state index contributed by atoms with van der Waals surface area (Å²) in [6.45, 7) is 0. The van der Waals surface area contributed by atoms with Gasteiger partial charge in [0.2, 0.25) is 0 Å². The Balaban J connectivity index is 1.80. The van der Waals surface area contributed by atoms with Gasteiger partial charge < -0.3 is 10.2 Å². The fraction of sp³-hybridized carbons (Fsp3) is 0.0455. The maximum atomic E-state index is 10.2. The number of benzene rings is 3. The number of phenolic OH excluding ortho intramolecular Hbond substituents is 2. The van der Waals surface area contributed by atoms with E-state index in [1.807, 2.05) is 30.3 Å². The number of phenols is 2. The molecule has 0 radical (unpaired) electrons. The molecule has 3 aromatic carbocycles. The van der Waals surface area contributed by atoms with Crippen molar-refractivity contribution < 1.29 is 10.2 Å². The van der Waals surface area contributed by atoms with Crippen LogP contribution in [-0.4, -0.2) is 33.4 Å². The van der Waals surface area contributed by atoms with Gasteiger partial charge in [-0.1, -0.05) is 40.2 Å². The van der Waals surface area contributed by atoms with Gasteiger partial charge in [0.15, 0.2) is 11.6 Å². The van der Waals surface area contributed by atoms with Crippen molar-refractivity contribution in [1.82, 2.24) is 9.97 Å². The van der Waals surface area contributed by atoms with E-state index >= 15 is 0 Å². The zero-order valence-electron chi connectivity index (χ0n) is 15.5. The molecule has 2 N–H and O–H groups in total. The number of anilines is 1. The van der Waals surface area contributed by atoms with Gasteiger partial charge in [0.05, 0.1) is 17.3 Å². The largest absolute Gasteiger partial charge is 0.507 e. The fourth-order valence-corrected chi connectivity index (χ4v) is 3.30. The molecule has 0 amide bonds. The number of fused-ring (bicyclic) bond motifs is 1. The molecule has 4 aromatic rings. The van der Waals surface area contributed by atoms with Gasteiger partial charge in [0.1, 0.15) is 11.5 Å². The summed E-state index contributed by atoms with van der Waals surface area (Å²) in [4.78, 5) is 9.25. The summed E-state index contributed by atoms with van der Waals surface area (Å²) in [5.74, 6) is 1.23. The van der Waals surface area contributed by atoms with Crippen molar-refractivity contribution >= 4 is 38.9 Å². The van der Waals surface area contributed by atoms with Crippen LogP contribution in [0.3, 0.4) is 0 Å². The molecule has 4 rings (SSSR count). The highest BCUT2D eigenvalue weighted by Crippen LogP contribution is 2.31. The van der Waals surface area contributed by atoms with Crippen molar-refractivity contribution in [2.75, 3.05) is 12.1 Å². The molecule has 6 nitrogen and oxygen atoms in total. The first-order chi connectivity index (χ1) is 14.0. The highest BCUT2D eigenvalue weighted by Gasteiger charge is 2.14. The molecule has 0 bridgehead atoms. The minimum absolute atomic E-state index is 0.110. The molecule has 0 saturated heterocycles. The molecule has 0 fully saturated rings. The van der Waals surface area contributed by atoms with Crippen molar-refractivity contribution in [3.05, 3.63) is 76.8 Å². The molecule has 7 heteroatoms. The van der Waals surface area contributed by atoms with Crippen molar-refractivity contribution in [1.29, 1.82) is 0 Å². The first-order valence-electron chi connectivity index (χ1n) is 8.84. The first kappa shape index (κ1) is 18.9. The Bertz CT molecular complexity index is 1230. The number of aromatic nitrogens is 2. The van der Waals surface area contributed by atoms with Gasteiger partial charge in [0.25, 0.3) is 0 Å². The maximum absolute atomic E-state index is 10.2. The zero-order chi connectivity index (χ0) is 20.4. The van der Waals surface area contributed by atoms with Crippen LogP contribution in [-0.2, 0) is 0 Å². The monoisotopic (exact) mass is 448 g/mol. The summed E-state index contributed by atoms with van der Waals surface area (Å²) in [5.41, 5.74) is 1.86. The van der Waals surface area contributed by atoms with Crippen molar-refractivity contribution in [3.63, 3.8) is 0 Å². The molecule has 0 aliphatic rings. The van der Waals surface area contributed by atoms with Gasteiger partial charge in [-0.2, -0.15) is 5.10 Å². The van der Waals surface area contributed by atoms with E-state index < -0.39 is 0 Å². The number of hydrogen-bond acceptors (Lipinski definition) is 6. The average molecular weight is 449 g/mol. The van der Waals surface area contributed by atoms with Crippen LogP contribution in [0.4, 0.5) is 5.82 Å². The predicted molar refractivity (Wildman–Crippen MR) is 118 cm³/mol. The van der Waals surface area contributed by atoms with E-state index in [2.05, 4.69) is 31.0 Å². The number of hydrazone groups is 1. The molecule has 144 valence electrons. The molecule has 1 aromatic heterocycles. The number of halogens is 1. The van der Waals surface area contributed by atoms with E-state index in [1.165, 1.54) is 0 Å². The smallest absolute Gasteiger partial charge is 0.165 e. The zero-order valence-corrected chi connectivity index (χ0v) is 17.1. The van der Waals surface area contributed by atoms with E-state index in [9.17, 15) is 10.2 Å². The van der Waals surface area contributed by atoms with Gasteiger partial charge in [0, 0.05) is 22.5 Å². The van der Waals surface area contributed by atoms with Crippen molar-refractivity contribution in [2.24, 2.45) is 5.10 Å². The van der Waals surface area contributed by atoms with Gasteiger partial charge >= 0.3 is 0 Å². The van der Waals surface area contributed by atoms with E-state index in [4.69, 9.17) is 0 Å². The minimum atomic E-state index is 0.110. The summed E-state index contributed by atoms with van der Waals surface area (Å²) >= 11 is 3.39. The van der Waals surface area contributed by atoms with Crippen LogP contribution < -0.4 is 5.01 Å². The number of rotatable bonds is 4. The van der Waals surface area contributed by atoms with Gasteiger partial charge in [-0.25, -0.2) is 9.97 Å². The maximum Gasteiger partial charge on any atom is 0.165 e. The summed E-state index contributed by atoms with van der Waals surface area (Å²) in [5, 5.41) is 27.1. The highest BCUT2D eigenvalue weighted by molar-refractivity contribution is 9.10.